The van der Waals surface area contributed by atoms with Crippen LogP contribution in [0.3, 0.4) is 0 Å². The van der Waals surface area contributed by atoms with Crippen molar-refractivity contribution in [3.05, 3.63) is 88.9 Å². The Labute approximate surface area is 249 Å². The lowest BCUT2D eigenvalue weighted by Gasteiger charge is -2.36. The van der Waals surface area contributed by atoms with Crippen LogP contribution < -0.4 is 15.0 Å². The highest BCUT2D eigenvalue weighted by Gasteiger charge is 2.33. The highest BCUT2D eigenvalue weighted by molar-refractivity contribution is 6.31. The number of anilines is 2. The Bertz CT molecular complexity index is 1310. The number of alkyl halides is 3. The summed E-state index contributed by atoms with van der Waals surface area (Å²) in [6, 6.07) is 22.0. The Hall–Kier alpha value is -3.43. The van der Waals surface area contributed by atoms with E-state index in [4.69, 9.17) is 21.1 Å². The van der Waals surface area contributed by atoms with Gasteiger partial charge < -0.3 is 24.6 Å². The number of ether oxygens (including phenoxy) is 2. The predicted molar refractivity (Wildman–Crippen MR) is 158 cm³/mol. The molecule has 224 valence electrons. The van der Waals surface area contributed by atoms with Crippen LogP contribution in [0, 0.1) is 0 Å². The number of hydrogen-bond acceptors (Lipinski definition) is 5. The summed E-state index contributed by atoms with van der Waals surface area (Å²) in [5.74, 6) is 0.805. The van der Waals surface area contributed by atoms with Crippen molar-refractivity contribution >= 4 is 28.9 Å². The molecule has 2 aliphatic rings. The fraction of sp³-hybridized carbons (Fsp3) is 0.406. The van der Waals surface area contributed by atoms with Gasteiger partial charge in [-0.3, -0.25) is 4.79 Å². The molecule has 3 aromatic rings. The van der Waals surface area contributed by atoms with Crippen LogP contribution in [0.25, 0.3) is 0 Å². The standard InChI is InChI=1S/C32H35ClF3N3O3/c33-30-15-8-25(20-29(30)32(34,35)36)37-24-6-11-27(12-7-24)42-22-31(40)39-18-16-38(17-19-39)26-9-13-28(14-10-26)41-21-23-4-2-1-3-5-23/h1-5,8-10,13-15,20,24,27,37H,6-7,11-12,16-19,21-22H2/t24-,27-. The van der Waals surface area contributed by atoms with Crippen LogP contribution in [-0.4, -0.2) is 55.7 Å². The van der Waals surface area contributed by atoms with Crippen molar-refractivity contribution in [2.45, 2.75) is 50.6 Å². The van der Waals surface area contributed by atoms with Crippen LogP contribution in [0.5, 0.6) is 5.75 Å². The minimum Gasteiger partial charge on any atom is -0.489 e. The molecule has 2 fully saturated rings. The minimum atomic E-state index is -4.50. The van der Waals surface area contributed by atoms with Gasteiger partial charge in [0.05, 0.1) is 16.7 Å². The van der Waals surface area contributed by atoms with Crippen LogP contribution in [0.4, 0.5) is 24.5 Å². The number of hydrogen-bond donors (Lipinski definition) is 1. The molecule has 1 saturated heterocycles. The number of nitrogens with zero attached hydrogens (tertiary/aromatic N) is 2. The van der Waals surface area contributed by atoms with Crippen molar-refractivity contribution < 1.29 is 27.4 Å². The molecule has 0 unspecified atom stereocenters. The minimum absolute atomic E-state index is 0.0135. The molecule has 1 aliphatic heterocycles. The number of piperazine rings is 1. The molecule has 1 saturated carbocycles. The second-order valence-corrected chi connectivity index (χ2v) is 11.2. The molecule has 0 atom stereocenters. The number of carbonyl (C=O) groups excluding carboxylic acids is 1. The molecule has 0 radical (unpaired) electrons. The molecule has 42 heavy (non-hydrogen) atoms. The Morgan fingerprint density at radius 1 is 0.905 bits per heavy atom. The molecule has 1 heterocycles. The van der Waals surface area contributed by atoms with E-state index < -0.39 is 11.7 Å². The molecule has 6 nitrogen and oxygen atoms in total. The fourth-order valence-electron chi connectivity index (χ4n) is 5.43. The van der Waals surface area contributed by atoms with Gasteiger partial charge in [-0.15, -0.1) is 0 Å². The first-order valence-electron chi connectivity index (χ1n) is 14.3. The smallest absolute Gasteiger partial charge is 0.417 e. The molecule has 0 aromatic heterocycles. The Morgan fingerprint density at radius 3 is 2.26 bits per heavy atom. The average molecular weight is 602 g/mol. The molecule has 10 heteroatoms. The molecule has 1 N–H and O–H groups in total. The largest absolute Gasteiger partial charge is 0.489 e. The number of carbonyl (C=O) groups is 1. The monoisotopic (exact) mass is 601 g/mol. The maximum Gasteiger partial charge on any atom is 0.417 e. The molecule has 1 aliphatic carbocycles. The van der Waals surface area contributed by atoms with Crippen molar-refractivity contribution in [3.8, 4) is 5.75 Å². The van der Waals surface area contributed by atoms with Gasteiger partial charge in [0.1, 0.15) is 19.0 Å². The van der Waals surface area contributed by atoms with Crippen LogP contribution in [0.2, 0.25) is 5.02 Å². The van der Waals surface area contributed by atoms with Gasteiger partial charge in [0, 0.05) is 43.6 Å². The molecule has 0 bridgehead atoms. The third kappa shape index (κ3) is 8.10. The lowest BCUT2D eigenvalue weighted by Crippen LogP contribution is -2.50. The van der Waals surface area contributed by atoms with E-state index >= 15 is 0 Å². The number of amides is 1. The van der Waals surface area contributed by atoms with Crippen molar-refractivity contribution in [1.82, 2.24) is 4.90 Å². The summed E-state index contributed by atoms with van der Waals surface area (Å²) in [6.07, 6.45) is -1.56. The van der Waals surface area contributed by atoms with E-state index in [0.29, 0.717) is 25.4 Å². The van der Waals surface area contributed by atoms with E-state index in [-0.39, 0.29) is 29.7 Å². The maximum atomic E-state index is 13.2. The van der Waals surface area contributed by atoms with E-state index in [0.717, 1.165) is 61.8 Å². The number of rotatable bonds is 9. The van der Waals surface area contributed by atoms with Gasteiger partial charge in [-0.05, 0) is 73.7 Å². The summed E-state index contributed by atoms with van der Waals surface area (Å²) in [5.41, 5.74) is 1.78. The van der Waals surface area contributed by atoms with Gasteiger partial charge in [0.2, 0.25) is 5.91 Å². The third-order valence-electron chi connectivity index (χ3n) is 7.84. The number of nitrogens with one attached hydrogen (secondary N) is 1. The van der Waals surface area contributed by atoms with E-state index in [1.165, 1.54) is 6.07 Å². The molecule has 0 spiro atoms. The van der Waals surface area contributed by atoms with Gasteiger partial charge in [-0.25, -0.2) is 0 Å². The van der Waals surface area contributed by atoms with Crippen molar-refractivity contribution in [1.29, 1.82) is 0 Å². The van der Waals surface area contributed by atoms with Crippen molar-refractivity contribution in [3.63, 3.8) is 0 Å². The third-order valence-corrected chi connectivity index (χ3v) is 8.17. The zero-order valence-corrected chi connectivity index (χ0v) is 24.0. The Kier molecular flexibility index (Phi) is 9.80. The summed E-state index contributed by atoms with van der Waals surface area (Å²) in [4.78, 5) is 16.9. The maximum absolute atomic E-state index is 13.2. The Balaban J connectivity index is 0.998. The SMILES string of the molecule is O=C(CO[C@H]1CC[C@H](Nc2ccc(Cl)c(C(F)(F)F)c2)CC1)N1CCN(c2ccc(OCc3ccccc3)cc2)CC1. The molecular weight excluding hydrogens is 567 g/mol. The van der Waals surface area contributed by atoms with E-state index in [2.05, 4.69) is 10.2 Å². The highest BCUT2D eigenvalue weighted by atomic mass is 35.5. The summed E-state index contributed by atoms with van der Waals surface area (Å²) < 4.78 is 51.3. The normalized spacial score (nSPS) is 19.4. The van der Waals surface area contributed by atoms with Gasteiger partial charge in [-0.1, -0.05) is 41.9 Å². The zero-order valence-electron chi connectivity index (χ0n) is 23.3. The lowest BCUT2D eigenvalue weighted by molar-refractivity contribution is -0.139. The molecule has 5 rings (SSSR count). The van der Waals surface area contributed by atoms with Crippen LogP contribution in [0.15, 0.2) is 72.8 Å². The van der Waals surface area contributed by atoms with Gasteiger partial charge in [-0.2, -0.15) is 13.2 Å². The van der Waals surface area contributed by atoms with Crippen LogP contribution >= 0.6 is 11.6 Å². The van der Waals surface area contributed by atoms with Crippen LogP contribution in [0.1, 0.15) is 36.8 Å². The Morgan fingerprint density at radius 2 is 1.60 bits per heavy atom. The highest BCUT2D eigenvalue weighted by Crippen LogP contribution is 2.37. The van der Waals surface area contributed by atoms with E-state index in [1.807, 2.05) is 59.5 Å². The number of halogens is 4. The van der Waals surface area contributed by atoms with Crippen molar-refractivity contribution in [2.75, 3.05) is 43.0 Å². The molecule has 1 amide bonds. The zero-order chi connectivity index (χ0) is 29.5. The average Bonchev–Trinajstić information content (AvgIpc) is 3.01. The first kappa shape index (κ1) is 30.0. The summed E-state index contributed by atoms with van der Waals surface area (Å²) >= 11 is 5.72. The first-order chi connectivity index (χ1) is 20.2. The van der Waals surface area contributed by atoms with Gasteiger partial charge >= 0.3 is 6.18 Å². The van der Waals surface area contributed by atoms with E-state index in [1.54, 1.807) is 6.07 Å². The summed E-state index contributed by atoms with van der Waals surface area (Å²) in [7, 11) is 0. The second-order valence-electron chi connectivity index (χ2n) is 10.8. The topological polar surface area (TPSA) is 54.0 Å². The van der Waals surface area contributed by atoms with Gasteiger partial charge in [0.15, 0.2) is 0 Å². The second kappa shape index (κ2) is 13.7. The predicted octanol–water partition coefficient (Wildman–Crippen LogP) is 7.03. The fourth-order valence-corrected chi connectivity index (χ4v) is 5.66. The van der Waals surface area contributed by atoms with Crippen molar-refractivity contribution in [2.24, 2.45) is 0 Å². The molecular formula is C32H35ClF3N3O3. The van der Waals surface area contributed by atoms with Crippen LogP contribution in [-0.2, 0) is 22.3 Å². The summed E-state index contributed by atoms with van der Waals surface area (Å²) in [5, 5.41) is 2.88. The van der Waals surface area contributed by atoms with E-state index in [9.17, 15) is 18.0 Å². The summed E-state index contributed by atoms with van der Waals surface area (Å²) in [6.45, 7) is 3.32. The first-order valence-corrected chi connectivity index (χ1v) is 14.7. The van der Waals surface area contributed by atoms with Gasteiger partial charge in [0.25, 0.3) is 0 Å². The number of benzene rings is 3. The molecule has 3 aromatic carbocycles. The quantitative estimate of drug-likeness (QED) is 0.285. The lowest BCUT2D eigenvalue weighted by atomic mass is 9.92.